The summed E-state index contributed by atoms with van der Waals surface area (Å²) in [6.45, 7) is 5.99. The fraction of sp³-hybridized carbons (Fsp3) is 0.435. The lowest BCUT2D eigenvalue weighted by molar-refractivity contribution is -0.119. The predicted molar refractivity (Wildman–Crippen MR) is 119 cm³/mol. The Kier molecular flexibility index (Phi) is 8.37. The summed E-state index contributed by atoms with van der Waals surface area (Å²) in [5.74, 6) is 0.328. The molecule has 0 spiro atoms. The summed E-state index contributed by atoms with van der Waals surface area (Å²) >= 11 is 6.38. The summed E-state index contributed by atoms with van der Waals surface area (Å²) in [6.07, 6.45) is 2.22. The molecule has 0 aliphatic carbocycles. The van der Waals surface area contributed by atoms with Gasteiger partial charge in [-0.25, -0.2) is 0 Å². The second-order valence-electron chi connectivity index (χ2n) is 7.51. The number of primary amides is 1. The van der Waals surface area contributed by atoms with Gasteiger partial charge in [0, 0.05) is 19.1 Å². The van der Waals surface area contributed by atoms with E-state index in [4.69, 9.17) is 26.8 Å². The van der Waals surface area contributed by atoms with Crippen molar-refractivity contribution in [2.45, 2.75) is 38.9 Å². The van der Waals surface area contributed by atoms with E-state index in [2.05, 4.69) is 40.5 Å². The molecule has 0 radical (unpaired) electrons. The van der Waals surface area contributed by atoms with Gasteiger partial charge in [0.05, 0.1) is 11.6 Å². The Morgan fingerprint density at radius 1 is 1.17 bits per heavy atom. The number of nitrogens with zero attached hydrogens (tertiary/aromatic N) is 1. The van der Waals surface area contributed by atoms with Crippen LogP contribution in [-0.4, -0.2) is 43.2 Å². The predicted octanol–water partition coefficient (Wildman–Crippen LogP) is 3.36. The van der Waals surface area contributed by atoms with Crippen molar-refractivity contribution in [1.82, 2.24) is 10.2 Å². The molecular formula is C23H30ClN3O3. The van der Waals surface area contributed by atoms with Gasteiger partial charge < -0.3 is 20.5 Å². The third-order valence-electron chi connectivity index (χ3n) is 5.16. The standard InChI is InChI=1S/C23H30ClN3O3/c1-2-29-21-13-18(12-20(24)23(21)30-16-22(25)28)14-26-19-8-10-27(11-9-19)15-17-6-4-3-5-7-17/h3-7,12-13,19,26H,2,8-11,14-16H2,1H3,(H2,25,28). The maximum atomic E-state index is 11.0. The van der Waals surface area contributed by atoms with E-state index in [0.717, 1.165) is 38.0 Å². The van der Waals surface area contributed by atoms with Crippen molar-refractivity contribution >= 4 is 17.5 Å². The smallest absolute Gasteiger partial charge is 0.255 e. The highest BCUT2D eigenvalue weighted by atomic mass is 35.5. The number of rotatable bonds is 10. The van der Waals surface area contributed by atoms with Crippen LogP contribution in [0, 0.1) is 0 Å². The third-order valence-corrected chi connectivity index (χ3v) is 5.44. The van der Waals surface area contributed by atoms with Gasteiger partial charge in [-0.1, -0.05) is 41.9 Å². The fourth-order valence-corrected chi connectivity index (χ4v) is 3.96. The normalized spacial score (nSPS) is 15.1. The van der Waals surface area contributed by atoms with Gasteiger partial charge in [-0.3, -0.25) is 9.69 Å². The average Bonchev–Trinajstić information content (AvgIpc) is 2.73. The van der Waals surface area contributed by atoms with Gasteiger partial charge >= 0.3 is 0 Å². The van der Waals surface area contributed by atoms with E-state index in [9.17, 15) is 4.79 Å². The number of halogens is 1. The Bertz CT molecular complexity index is 824. The van der Waals surface area contributed by atoms with Crippen LogP contribution in [0.1, 0.15) is 30.9 Å². The quantitative estimate of drug-likeness (QED) is 0.603. The molecular weight excluding hydrogens is 402 g/mol. The van der Waals surface area contributed by atoms with E-state index < -0.39 is 5.91 Å². The number of carbonyl (C=O) groups is 1. The molecule has 3 rings (SSSR count). The number of nitrogens with one attached hydrogen (secondary N) is 1. The Labute approximate surface area is 183 Å². The second kappa shape index (κ2) is 11.2. The van der Waals surface area contributed by atoms with Crippen LogP contribution in [0.5, 0.6) is 11.5 Å². The lowest BCUT2D eigenvalue weighted by atomic mass is 10.0. The van der Waals surface area contributed by atoms with Crippen LogP contribution in [0.25, 0.3) is 0 Å². The van der Waals surface area contributed by atoms with E-state index in [1.807, 2.05) is 19.1 Å². The Balaban J connectivity index is 1.52. The van der Waals surface area contributed by atoms with E-state index in [1.165, 1.54) is 5.56 Å². The molecule has 2 aromatic carbocycles. The molecule has 30 heavy (non-hydrogen) atoms. The van der Waals surface area contributed by atoms with Crippen LogP contribution >= 0.6 is 11.6 Å². The molecule has 1 fully saturated rings. The van der Waals surface area contributed by atoms with Crippen molar-refractivity contribution in [2.24, 2.45) is 5.73 Å². The Morgan fingerprint density at radius 2 is 1.90 bits per heavy atom. The van der Waals surface area contributed by atoms with Crippen LogP contribution in [0.4, 0.5) is 0 Å². The molecule has 0 unspecified atom stereocenters. The molecule has 162 valence electrons. The first-order valence-corrected chi connectivity index (χ1v) is 10.8. The van der Waals surface area contributed by atoms with Crippen molar-refractivity contribution in [3.05, 3.63) is 58.6 Å². The molecule has 1 saturated heterocycles. The number of nitrogens with two attached hydrogens (primary N) is 1. The first-order chi connectivity index (χ1) is 14.5. The highest BCUT2D eigenvalue weighted by Gasteiger charge is 2.19. The second-order valence-corrected chi connectivity index (χ2v) is 7.92. The summed E-state index contributed by atoms with van der Waals surface area (Å²) in [4.78, 5) is 13.5. The minimum atomic E-state index is -0.558. The zero-order chi connectivity index (χ0) is 21.3. The van der Waals surface area contributed by atoms with Crippen molar-refractivity contribution in [3.63, 3.8) is 0 Å². The van der Waals surface area contributed by atoms with Crippen LogP contribution in [0.3, 0.4) is 0 Å². The van der Waals surface area contributed by atoms with E-state index in [-0.39, 0.29) is 6.61 Å². The van der Waals surface area contributed by atoms with E-state index >= 15 is 0 Å². The van der Waals surface area contributed by atoms with E-state index in [1.54, 1.807) is 0 Å². The molecule has 1 heterocycles. The number of carbonyl (C=O) groups excluding carboxylic acids is 1. The Hall–Kier alpha value is -2.28. The van der Waals surface area contributed by atoms with Crippen molar-refractivity contribution in [1.29, 1.82) is 0 Å². The van der Waals surface area contributed by atoms with Gasteiger partial charge in [0.25, 0.3) is 5.91 Å². The monoisotopic (exact) mass is 431 g/mol. The van der Waals surface area contributed by atoms with Crippen LogP contribution in [0.2, 0.25) is 5.02 Å². The zero-order valence-electron chi connectivity index (χ0n) is 17.4. The first kappa shape index (κ1) is 22.4. The lowest BCUT2D eigenvalue weighted by Crippen LogP contribution is -2.41. The van der Waals surface area contributed by atoms with Gasteiger partial charge in [-0.05, 0) is 56.1 Å². The fourth-order valence-electron chi connectivity index (χ4n) is 3.67. The molecule has 3 N–H and O–H groups in total. The summed E-state index contributed by atoms with van der Waals surface area (Å²) < 4.78 is 11.1. The average molecular weight is 432 g/mol. The first-order valence-electron chi connectivity index (χ1n) is 10.4. The topological polar surface area (TPSA) is 76.8 Å². The van der Waals surface area contributed by atoms with Crippen molar-refractivity contribution in [2.75, 3.05) is 26.3 Å². The molecule has 0 atom stereocenters. The van der Waals surface area contributed by atoms with Crippen LogP contribution in [-0.2, 0) is 17.9 Å². The lowest BCUT2D eigenvalue weighted by Gasteiger charge is -2.32. The minimum Gasteiger partial charge on any atom is -0.490 e. The molecule has 1 amide bonds. The number of likely N-dealkylation sites (tertiary alicyclic amines) is 1. The summed E-state index contributed by atoms with van der Waals surface area (Å²) in [5, 5.41) is 4.05. The molecule has 2 aromatic rings. The highest BCUT2D eigenvalue weighted by molar-refractivity contribution is 6.32. The summed E-state index contributed by atoms with van der Waals surface area (Å²) in [7, 11) is 0. The molecule has 7 heteroatoms. The van der Waals surface area contributed by atoms with Gasteiger partial charge in [0.1, 0.15) is 0 Å². The molecule has 1 aliphatic rings. The number of hydrogen-bond acceptors (Lipinski definition) is 5. The highest BCUT2D eigenvalue weighted by Crippen LogP contribution is 2.36. The third kappa shape index (κ3) is 6.62. The number of amides is 1. The van der Waals surface area contributed by atoms with Gasteiger partial charge in [0.15, 0.2) is 18.1 Å². The molecule has 0 bridgehead atoms. The van der Waals surface area contributed by atoms with Gasteiger partial charge in [-0.15, -0.1) is 0 Å². The van der Waals surface area contributed by atoms with Crippen LogP contribution in [0.15, 0.2) is 42.5 Å². The maximum absolute atomic E-state index is 11.0. The van der Waals surface area contributed by atoms with Crippen molar-refractivity contribution < 1.29 is 14.3 Å². The zero-order valence-corrected chi connectivity index (χ0v) is 18.2. The number of hydrogen-bond donors (Lipinski definition) is 2. The maximum Gasteiger partial charge on any atom is 0.255 e. The molecule has 0 saturated carbocycles. The largest absolute Gasteiger partial charge is 0.490 e. The SMILES string of the molecule is CCOc1cc(CNC2CCN(Cc3ccccc3)CC2)cc(Cl)c1OCC(N)=O. The molecule has 6 nitrogen and oxygen atoms in total. The molecule has 0 aromatic heterocycles. The Morgan fingerprint density at radius 3 is 2.57 bits per heavy atom. The molecule has 1 aliphatic heterocycles. The number of benzene rings is 2. The van der Waals surface area contributed by atoms with Crippen molar-refractivity contribution in [3.8, 4) is 11.5 Å². The van der Waals surface area contributed by atoms with E-state index in [0.29, 0.717) is 35.7 Å². The minimum absolute atomic E-state index is 0.237. The number of piperidine rings is 1. The summed E-state index contributed by atoms with van der Waals surface area (Å²) in [5.41, 5.74) is 7.54. The van der Waals surface area contributed by atoms with Crippen LogP contribution < -0.4 is 20.5 Å². The summed E-state index contributed by atoms with van der Waals surface area (Å²) in [6, 6.07) is 14.8. The van der Waals surface area contributed by atoms with Gasteiger partial charge in [0.2, 0.25) is 0 Å². The van der Waals surface area contributed by atoms with Gasteiger partial charge in [-0.2, -0.15) is 0 Å². The number of ether oxygens (including phenoxy) is 2.